The Morgan fingerprint density at radius 2 is 1.20 bits per heavy atom. The molecule has 0 amide bonds. The van der Waals surface area contributed by atoms with E-state index in [-0.39, 0.29) is 73.9 Å². The molecular weight excluding hydrogens is 641 g/mol. The molecule has 3 saturated carbocycles. The van der Waals surface area contributed by atoms with Crippen LogP contribution in [0.2, 0.25) is 0 Å². The molecule has 3 aliphatic carbocycles. The summed E-state index contributed by atoms with van der Waals surface area (Å²) in [5, 5.41) is 0. The van der Waals surface area contributed by atoms with Gasteiger partial charge in [0.15, 0.2) is 6.04 Å². The van der Waals surface area contributed by atoms with Crippen molar-refractivity contribution in [1.29, 1.82) is 0 Å². The number of nitrogens with zero attached hydrogens (tertiary/aromatic N) is 5. The number of aromatic nitrogens is 3. The summed E-state index contributed by atoms with van der Waals surface area (Å²) in [5.41, 5.74) is 6.06. The molecule has 6 rings (SSSR count). The molecule has 3 aromatic heterocycles. The first-order valence-electron chi connectivity index (χ1n) is 17.0. The van der Waals surface area contributed by atoms with E-state index in [4.69, 9.17) is 19.9 Å². The number of hydrogen-bond donors (Lipinski definition) is 2. The van der Waals surface area contributed by atoms with Crippen LogP contribution >= 0.6 is 0 Å². The number of nitrogens with one attached hydrogen (secondary N) is 2. The van der Waals surface area contributed by atoms with Gasteiger partial charge in [-0.1, -0.05) is 62.1 Å². The molecule has 3 aromatic rings. The standard InChI is InChI=1S/C36H48N7.Fe.K.H2O/c1-4-10-28(11-5-1)37-22-31-16-19-34(40-31)25-43(26-35-20-17-32(41-35)23-38-29-12-6-2-7-13-29)27-36-21-18-33(42-36)24-39-30-14-8-3-9-15-30;;;/h16-23,28-30,39H,1-15,25-27H2;;;1H2/q-3;+4;+1;/p+2. The summed E-state index contributed by atoms with van der Waals surface area (Å²) in [6, 6.07) is 14.3. The van der Waals surface area contributed by atoms with Crippen molar-refractivity contribution in [3.8, 4) is 0 Å². The van der Waals surface area contributed by atoms with E-state index in [0.29, 0.717) is 18.1 Å². The zero-order valence-corrected chi connectivity index (χ0v) is 32.0. The van der Waals surface area contributed by atoms with Crippen LogP contribution in [0.5, 0.6) is 0 Å². The second-order valence-corrected chi connectivity index (χ2v) is 13.0. The quantitative estimate of drug-likeness (QED) is 0.111. The molecule has 10 heteroatoms. The van der Waals surface area contributed by atoms with Crippen molar-refractivity contribution < 1.29 is 83.9 Å². The molecule has 5 N–H and O–H groups in total. The van der Waals surface area contributed by atoms with Gasteiger partial charge < -0.3 is 25.4 Å². The van der Waals surface area contributed by atoms with E-state index in [9.17, 15) is 0 Å². The Hall–Kier alpha value is -1.07. The minimum absolute atomic E-state index is 0. The van der Waals surface area contributed by atoms with Crippen molar-refractivity contribution in [2.24, 2.45) is 4.99 Å². The van der Waals surface area contributed by atoms with E-state index in [1.165, 1.54) is 96.3 Å². The Morgan fingerprint density at radius 3 is 1.85 bits per heavy atom. The molecule has 0 unspecified atom stereocenters. The molecule has 0 aromatic carbocycles. The summed E-state index contributed by atoms with van der Waals surface area (Å²) in [6.07, 6.45) is 26.8. The van der Waals surface area contributed by atoms with Gasteiger partial charge in [0.05, 0.1) is 0 Å². The molecule has 0 saturated heterocycles. The van der Waals surface area contributed by atoms with Crippen LogP contribution in [0.15, 0.2) is 41.4 Å². The van der Waals surface area contributed by atoms with Gasteiger partial charge in [-0.15, -0.1) is 17.1 Å². The molecule has 0 bridgehead atoms. The monoisotopic (exact) mass is 693 g/mol. The van der Waals surface area contributed by atoms with Crippen molar-refractivity contribution in [3.05, 3.63) is 70.6 Å². The third kappa shape index (κ3) is 12.8. The smallest absolute Gasteiger partial charge is 0.688 e. The fourth-order valence-electron chi connectivity index (χ4n) is 6.90. The Morgan fingerprint density at radius 1 is 0.674 bits per heavy atom. The average molecular weight is 694 g/mol. The molecule has 0 radical (unpaired) electrons. The molecule has 46 heavy (non-hydrogen) atoms. The van der Waals surface area contributed by atoms with Crippen LogP contribution in [0.1, 0.15) is 130 Å². The maximum atomic E-state index is 4.95. The second kappa shape index (κ2) is 21.1. The summed E-state index contributed by atoms with van der Waals surface area (Å²) in [7, 11) is 0. The average Bonchev–Trinajstić information content (AvgIpc) is 3.81. The maximum Gasteiger partial charge on any atom is 4.00 e. The Bertz CT molecular complexity index is 1180. The molecule has 3 heterocycles. The van der Waals surface area contributed by atoms with Gasteiger partial charge in [0.2, 0.25) is 0 Å². The first kappa shape index (κ1) is 39.4. The summed E-state index contributed by atoms with van der Waals surface area (Å²) in [6.45, 7) is 2.21. The molecule has 0 aliphatic heterocycles. The van der Waals surface area contributed by atoms with Crippen LogP contribution in [0.25, 0.3) is 0 Å². The first-order valence-corrected chi connectivity index (χ1v) is 17.0. The Balaban J connectivity index is 0.00000192. The van der Waals surface area contributed by atoms with Gasteiger partial charge in [-0.3, -0.25) is 15.6 Å². The Kier molecular flexibility index (Phi) is 18.1. The van der Waals surface area contributed by atoms with Crippen molar-refractivity contribution >= 4 is 18.6 Å². The van der Waals surface area contributed by atoms with Gasteiger partial charge in [-0.25, -0.2) is 11.1 Å². The van der Waals surface area contributed by atoms with Crippen LogP contribution in [0.4, 0.5) is 0 Å². The molecular formula is C36H52FeKN7O+4. The number of rotatable bonds is 12. The van der Waals surface area contributed by atoms with Crippen molar-refractivity contribution in [2.45, 2.75) is 134 Å². The largest absolute Gasteiger partial charge is 4.00 e. The topological polar surface area (TPSA) is 119 Å². The molecule has 0 spiro atoms. The van der Waals surface area contributed by atoms with Crippen molar-refractivity contribution in [1.82, 2.24) is 19.9 Å². The van der Waals surface area contributed by atoms with E-state index in [2.05, 4.69) is 63.7 Å². The summed E-state index contributed by atoms with van der Waals surface area (Å²) >= 11 is 0. The number of hydrogen-bond acceptors (Lipinski definition) is 2. The van der Waals surface area contributed by atoms with E-state index < -0.39 is 0 Å². The zero-order chi connectivity index (χ0) is 29.1. The van der Waals surface area contributed by atoms with Crippen LogP contribution in [0, 0.1) is 0 Å². The number of aliphatic imine (C=N–C) groups is 1. The summed E-state index contributed by atoms with van der Waals surface area (Å²) in [5.74, 6) is 0. The zero-order valence-electron chi connectivity index (χ0n) is 27.7. The predicted molar refractivity (Wildman–Crippen MR) is 177 cm³/mol. The molecule has 8 nitrogen and oxygen atoms in total. The van der Waals surface area contributed by atoms with Gasteiger partial charge in [0.1, 0.15) is 12.3 Å². The van der Waals surface area contributed by atoms with Gasteiger partial charge in [-0.05, 0) is 38.5 Å². The fourth-order valence-corrected chi connectivity index (χ4v) is 6.90. The van der Waals surface area contributed by atoms with Gasteiger partial charge in [0, 0.05) is 63.8 Å². The SMILES string of the molecule is [C-](=[NH+]C1CCCCC1)c1ccc(CN(Cc2ccc(C=NC3CCCCC3)[n-]2)Cc2ccc(C=[NH+]C3CCCCC3)[n-]2)[n-]1.[Fe+4].[K+].[OH3+]. The predicted octanol–water partition coefficient (Wildman–Crippen LogP) is -0.867. The minimum atomic E-state index is 0. The minimum Gasteiger partial charge on any atom is -0.688 e. The van der Waals surface area contributed by atoms with E-state index in [0.717, 1.165) is 53.8 Å². The van der Waals surface area contributed by atoms with Gasteiger partial charge in [0.25, 0.3) is 0 Å². The fraction of sp³-hybridized carbons (Fsp3) is 0.583. The normalized spacial score (nSPS) is 18.7. The third-order valence-electron chi connectivity index (χ3n) is 9.37. The van der Waals surface area contributed by atoms with Crippen LogP contribution in [-0.4, -0.2) is 41.7 Å². The van der Waals surface area contributed by atoms with Crippen LogP contribution in [-0.2, 0) is 42.2 Å². The van der Waals surface area contributed by atoms with E-state index >= 15 is 0 Å². The third-order valence-corrected chi connectivity index (χ3v) is 9.37. The second-order valence-electron chi connectivity index (χ2n) is 13.0. The van der Waals surface area contributed by atoms with E-state index in [1.54, 1.807) is 0 Å². The van der Waals surface area contributed by atoms with Gasteiger partial charge >= 0.3 is 68.5 Å². The first-order chi connectivity index (χ1) is 21.2. The van der Waals surface area contributed by atoms with E-state index in [1.807, 2.05) is 6.21 Å². The van der Waals surface area contributed by atoms with Crippen LogP contribution in [0.3, 0.4) is 0 Å². The summed E-state index contributed by atoms with van der Waals surface area (Å²) < 4.78 is 0. The van der Waals surface area contributed by atoms with Crippen molar-refractivity contribution in [3.63, 3.8) is 0 Å². The molecule has 3 aliphatic rings. The van der Waals surface area contributed by atoms with Crippen molar-refractivity contribution in [2.75, 3.05) is 0 Å². The van der Waals surface area contributed by atoms with Gasteiger partial charge in [-0.2, -0.15) is 11.8 Å². The van der Waals surface area contributed by atoms with Crippen LogP contribution < -0.4 is 76.3 Å². The summed E-state index contributed by atoms with van der Waals surface area (Å²) in [4.78, 5) is 29.1. The molecule has 0 atom stereocenters. The molecule has 3 fully saturated rings. The maximum absolute atomic E-state index is 4.95. The Labute approximate surface area is 328 Å². The molecule has 242 valence electrons.